The van der Waals surface area contributed by atoms with Crippen molar-refractivity contribution in [2.24, 2.45) is 0 Å². The number of hydrogen-bond donors (Lipinski definition) is 2. The maximum absolute atomic E-state index is 12.1. The van der Waals surface area contributed by atoms with Gasteiger partial charge in [0, 0.05) is 24.1 Å². The molecule has 0 bridgehead atoms. The molecule has 126 valence electrons. The zero-order valence-electron chi connectivity index (χ0n) is 13.8. The molecule has 1 amide bonds. The number of amides is 1. The Balaban J connectivity index is 1.41. The van der Waals surface area contributed by atoms with Crippen molar-refractivity contribution in [1.82, 2.24) is 10.3 Å². The molecule has 0 saturated heterocycles. The topological polar surface area (TPSA) is 62.2 Å². The maximum Gasteiger partial charge on any atom is 0.220 e. The zero-order valence-corrected chi connectivity index (χ0v) is 13.8. The SMILES string of the molecule is O=C(CCc1ccccc1)NC1CCC(c2ccc(O)cn2)CC1. The van der Waals surface area contributed by atoms with Crippen molar-refractivity contribution in [3.8, 4) is 5.75 Å². The Morgan fingerprint density at radius 3 is 2.50 bits per heavy atom. The number of carbonyl (C=O) groups excluding carboxylic acids is 1. The molecular formula is C20H24N2O2. The van der Waals surface area contributed by atoms with Gasteiger partial charge in [-0.25, -0.2) is 0 Å². The minimum atomic E-state index is 0.144. The minimum absolute atomic E-state index is 0.144. The summed E-state index contributed by atoms with van der Waals surface area (Å²) >= 11 is 0. The van der Waals surface area contributed by atoms with Crippen LogP contribution in [-0.2, 0) is 11.2 Å². The molecule has 0 spiro atoms. The van der Waals surface area contributed by atoms with Gasteiger partial charge in [0.2, 0.25) is 5.91 Å². The molecule has 4 heteroatoms. The van der Waals surface area contributed by atoms with Crippen molar-refractivity contribution < 1.29 is 9.90 Å². The van der Waals surface area contributed by atoms with E-state index in [1.807, 2.05) is 24.3 Å². The molecule has 1 aliphatic rings. The van der Waals surface area contributed by atoms with Crippen LogP contribution in [0.2, 0.25) is 0 Å². The predicted octanol–water partition coefficient (Wildman–Crippen LogP) is 3.56. The van der Waals surface area contributed by atoms with Crippen LogP contribution in [0.1, 0.15) is 49.3 Å². The number of nitrogens with one attached hydrogen (secondary N) is 1. The normalized spacial score (nSPS) is 20.5. The molecule has 2 aromatic rings. The zero-order chi connectivity index (χ0) is 16.8. The molecule has 3 rings (SSSR count). The van der Waals surface area contributed by atoms with Crippen molar-refractivity contribution >= 4 is 5.91 Å². The number of hydrogen-bond acceptors (Lipinski definition) is 3. The molecule has 1 fully saturated rings. The van der Waals surface area contributed by atoms with Crippen LogP contribution in [0, 0.1) is 0 Å². The van der Waals surface area contributed by atoms with Gasteiger partial charge in [0.05, 0.1) is 6.20 Å². The first-order chi connectivity index (χ1) is 11.7. The van der Waals surface area contributed by atoms with E-state index in [0.717, 1.165) is 37.8 Å². The summed E-state index contributed by atoms with van der Waals surface area (Å²) in [6.45, 7) is 0. The molecule has 1 heterocycles. The van der Waals surface area contributed by atoms with Gasteiger partial charge in [0.15, 0.2) is 0 Å². The van der Waals surface area contributed by atoms with E-state index >= 15 is 0 Å². The van der Waals surface area contributed by atoms with Crippen LogP contribution in [0.4, 0.5) is 0 Å². The van der Waals surface area contributed by atoms with Crippen LogP contribution in [0.5, 0.6) is 5.75 Å². The Bertz CT molecular complexity index is 647. The van der Waals surface area contributed by atoms with Gasteiger partial charge in [-0.3, -0.25) is 9.78 Å². The third-order valence-corrected chi connectivity index (χ3v) is 4.76. The van der Waals surface area contributed by atoms with Crippen molar-refractivity contribution in [3.63, 3.8) is 0 Å². The molecule has 0 radical (unpaired) electrons. The average Bonchev–Trinajstić information content (AvgIpc) is 2.62. The van der Waals surface area contributed by atoms with Crippen LogP contribution in [0.15, 0.2) is 48.7 Å². The second-order valence-electron chi connectivity index (χ2n) is 6.54. The van der Waals surface area contributed by atoms with Crippen LogP contribution in [0.3, 0.4) is 0 Å². The number of pyridine rings is 1. The molecule has 1 aliphatic carbocycles. The van der Waals surface area contributed by atoms with Gasteiger partial charge >= 0.3 is 0 Å². The quantitative estimate of drug-likeness (QED) is 0.884. The first-order valence-corrected chi connectivity index (χ1v) is 8.69. The lowest BCUT2D eigenvalue weighted by Crippen LogP contribution is -2.37. The van der Waals surface area contributed by atoms with E-state index < -0.39 is 0 Å². The van der Waals surface area contributed by atoms with Crippen LogP contribution in [0.25, 0.3) is 0 Å². The van der Waals surface area contributed by atoms with Gasteiger partial charge in [-0.15, -0.1) is 0 Å². The van der Waals surface area contributed by atoms with Crippen molar-refractivity contribution in [2.75, 3.05) is 0 Å². The molecular weight excluding hydrogens is 300 g/mol. The van der Waals surface area contributed by atoms with E-state index in [9.17, 15) is 9.90 Å². The number of rotatable bonds is 5. The number of aromatic nitrogens is 1. The highest BCUT2D eigenvalue weighted by molar-refractivity contribution is 5.76. The Kier molecular flexibility index (Phi) is 5.47. The van der Waals surface area contributed by atoms with Gasteiger partial charge in [0.1, 0.15) is 5.75 Å². The number of carbonyl (C=O) groups is 1. The summed E-state index contributed by atoms with van der Waals surface area (Å²) < 4.78 is 0. The first-order valence-electron chi connectivity index (χ1n) is 8.69. The molecule has 1 aromatic carbocycles. The van der Waals surface area contributed by atoms with Crippen molar-refractivity contribution in [2.45, 2.75) is 50.5 Å². The number of aromatic hydroxyl groups is 1. The van der Waals surface area contributed by atoms with Gasteiger partial charge in [-0.2, -0.15) is 0 Å². The highest BCUT2D eigenvalue weighted by atomic mass is 16.3. The summed E-state index contributed by atoms with van der Waals surface area (Å²) in [7, 11) is 0. The lowest BCUT2D eigenvalue weighted by Gasteiger charge is -2.28. The van der Waals surface area contributed by atoms with Crippen molar-refractivity contribution in [1.29, 1.82) is 0 Å². The number of nitrogens with zero attached hydrogens (tertiary/aromatic N) is 1. The van der Waals surface area contributed by atoms with Gasteiger partial charge < -0.3 is 10.4 Å². The Hall–Kier alpha value is -2.36. The van der Waals surface area contributed by atoms with Crippen LogP contribution >= 0.6 is 0 Å². The minimum Gasteiger partial charge on any atom is -0.506 e. The largest absolute Gasteiger partial charge is 0.506 e. The van der Waals surface area contributed by atoms with E-state index in [4.69, 9.17) is 0 Å². The summed E-state index contributed by atoms with van der Waals surface area (Å²) in [4.78, 5) is 16.4. The summed E-state index contributed by atoms with van der Waals surface area (Å²) in [5, 5.41) is 12.5. The Labute approximate surface area is 142 Å². The average molecular weight is 324 g/mol. The molecule has 1 saturated carbocycles. The van der Waals surface area contributed by atoms with E-state index in [1.165, 1.54) is 11.8 Å². The van der Waals surface area contributed by atoms with Crippen LogP contribution < -0.4 is 5.32 Å². The number of benzene rings is 1. The van der Waals surface area contributed by atoms with E-state index in [-0.39, 0.29) is 17.7 Å². The molecule has 1 aromatic heterocycles. The molecule has 2 N–H and O–H groups in total. The maximum atomic E-state index is 12.1. The summed E-state index contributed by atoms with van der Waals surface area (Å²) in [6.07, 6.45) is 6.88. The fourth-order valence-corrected chi connectivity index (χ4v) is 3.37. The standard InChI is InChI=1S/C20H24N2O2/c23-18-11-12-19(21-14-18)16-7-9-17(10-8-16)22-20(24)13-6-15-4-2-1-3-5-15/h1-5,11-12,14,16-17,23H,6-10,13H2,(H,22,24). The fraction of sp³-hybridized carbons (Fsp3) is 0.400. The van der Waals surface area contributed by atoms with Gasteiger partial charge in [0.25, 0.3) is 0 Å². The third kappa shape index (κ3) is 4.57. The number of aryl methyl sites for hydroxylation is 1. The Morgan fingerprint density at radius 1 is 1.08 bits per heavy atom. The smallest absolute Gasteiger partial charge is 0.220 e. The fourth-order valence-electron chi connectivity index (χ4n) is 3.37. The molecule has 0 aliphatic heterocycles. The van der Waals surface area contributed by atoms with E-state index in [1.54, 1.807) is 6.07 Å². The summed E-state index contributed by atoms with van der Waals surface area (Å²) in [5.74, 6) is 0.784. The van der Waals surface area contributed by atoms with E-state index in [0.29, 0.717) is 12.3 Å². The molecule has 0 atom stereocenters. The highest BCUT2D eigenvalue weighted by Crippen LogP contribution is 2.32. The highest BCUT2D eigenvalue weighted by Gasteiger charge is 2.24. The predicted molar refractivity (Wildman–Crippen MR) is 93.8 cm³/mol. The van der Waals surface area contributed by atoms with Crippen molar-refractivity contribution in [3.05, 3.63) is 59.9 Å². The molecule has 0 unspecified atom stereocenters. The molecule has 4 nitrogen and oxygen atoms in total. The lowest BCUT2D eigenvalue weighted by atomic mass is 9.84. The van der Waals surface area contributed by atoms with Gasteiger partial charge in [-0.1, -0.05) is 30.3 Å². The second kappa shape index (κ2) is 7.95. The van der Waals surface area contributed by atoms with Crippen LogP contribution in [-0.4, -0.2) is 22.0 Å². The monoisotopic (exact) mass is 324 g/mol. The first kappa shape index (κ1) is 16.5. The van der Waals surface area contributed by atoms with E-state index in [2.05, 4.69) is 22.4 Å². The Morgan fingerprint density at radius 2 is 1.83 bits per heavy atom. The lowest BCUT2D eigenvalue weighted by molar-refractivity contribution is -0.122. The molecule has 24 heavy (non-hydrogen) atoms. The summed E-state index contributed by atoms with van der Waals surface area (Å²) in [5.41, 5.74) is 2.25. The third-order valence-electron chi connectivity index (χ3n) is 4.76. The second-order valence-corrected chi connectivity index (χ2v) is 6.54. The summed E-state index contributed by atoms with van der Waals surface area (Å²) in [6, 6.07) is 14.0. The van der Waals surface area contributed by atoms with Gasteiger partial charge in [-0.05, 0) is 49.8 Å².